The number of hydrogen-bond acceptors (Lipinski definition) is 4. The van der Waals surface area contributed by atoms with Crippen LogP contribution in [-0.2, 0) is 9.47 Å². The van der Waals surface area contributed by atoms with E-state index in [0.717, 1.165) is 32.3 Å². The van der Waals surface area contributed by atoms with Crippen molar-refractivity contribution < 1.29 is 9.47 Å². The van der Waals surface area contributed by atoms with Crippen molar-refractivity contribution in [2.75, 3.05) is 13.7 Å². The predicted octanol–water partition coefficient (Wildman–Crippen LogP) is 2.24. The van der Waals surface area contributed by atoms with Crippen molar-refractivity contribution in [3.05, 3.63) is 0 Å². The van der Waals surface area contributed by atoms with Crippen LogP contribution < -0.4 is 5.32 Å². The van der Waals surface area contributed by atoms with E-state index in [1.165, 1.54) is 0 Å². The van der Waals surface area contributed by atoms with Crippen molar-refractivity contribution in [1.29, 1.82) is 5.26 Å². The molecule has 104 valence electrons. The largest absolute Gasteiger partial charge is 0.378 e. The lowest BCUT2D eigenvalue weighted by molar-refractivity contribution is -0.102. The van der Waals surface area contributed by atoms with Gasteiger partial charge in [-0.3, -0.25) is 0 Å². The smallest absolute Gasteiger partial charge is 0.103 e. The van der Waals surface area contributed by atoms with E-state index in [1.807, 2.05) is 14.0 Å². The summed E-state index contributed by atoms with van der Waals surface area (Å²) in [6, 6.07) is 2.29. The lowest BCUT2D eigenvalue weighted by Crippen LogP contribution is -2.38. The van der Waals surface area contributed by atoms with E-state index in [0.29, 0.717) is 18.3 Å². The van der Waals surface area contributed by atoms with Crippen LogP contribution in [0.2, 0.25) is 0 Å². The van der Waals surface area contributed by atoms with E-state index < -0.39 is 5.54 Å². The van der Waals surface area contributed by atoms with Gasteiger partial charge in [0.25, 0.3) is 0 Å². The second kappa shape index (κ2) is 7.08. The first-order valence-corrected chi connectivity index (χ1v) is 6.86. The van der Waals surface area contributed by atoms with Crippen LogP contribution in [0.15, 0.2) is 0 Å². The van der Waals surface area contributed by atoms with Crippen LogP contribution in [-0.4, -0.2) is 37.5 Å². The molecule has 0 amide bonds. The van der Waals surface area contributed by atoms with Gasteiger partial charge >= 0.3 is 0 Å². The molecule has 0 spiro atoms. The highest BCUT2D eigenvalue weighted by molar-refractivity contribution is 5.02. The highest BCUT2D eigenvalue weighted by atomic mass is 16.5. The first-order valence-electron chi connectivity index (χ1n) is 6.86. The molecule has 3 atom stereocenters. The van der Waals surface area contributed by atoms with Gasteiger partial charge in [-0.2, -0.15) is 5.26 Å². The number of nitriles is 1. The lowest BCUT2D eigenvalue weighted by atomic mass is 9.98. The average molecular weight is 254 g/mol. The van der Waals surface area contributed by atoms with Crippen LogP contribution in [0.3, 0.4) is 0 Å². The van der Waals surface area contributed by atoms with Crippen LogP contribution in [0.5, 0.6) is 0 Å². The summed E-state index contributed by atoms with van der Waals surface area (Å²) < 4.78 is 11.6. The molecule has 0 radical (unpaired) electrons. The van der Waals surface area contributed by atoms with E-state index in [2.05, 4.69) is 25.2 Å². The van der Waals surface area contributed by atoms with E-state index in [4.69, 9.17) is 14.7 Å². The van der Waals surface area contributed by atoms with Crippen LogP contribution >= 0.6 is 0 Å². The van der Waals surface area contributed by atoms with Gasteiger partial charge in [0.05, 0.1) is 24.4 Å². The Balaban J connectivity index is 2.20. The zero-order chi connectivity index (χ0) is 13.6. The molecule has 4 nitrogen and oxygen atoms in total. The van der Waals surface area contributed by atoms with Crippen LogP contribution in [0.4, 0.5) is 0 Å². The molecule has 1 saturated heterocycles. The van der Waals surface area contributed by atoms with E-state index in [-0.39, 0.29) is 0 Å². The predicted molar refractivity (Wildman–Crippen MR) is 71.3 cm³/mol. The Hall–Kier alpha value is -0.630. The molecular weight excluding hydrogens is 228 g/mol. The van der Waals surface area contributed by atoms with Gasteiger partial charge in [0.2, 0.25) is 0 Å². The molecule has 1 fully saturated rings. The van der Waals surface area contributed by atoms with Gasteiger partial charge in [-0.1, -0.05) is 0 Å². The Morgan fingerprint density at radius 3 is 2.50 bits per heavy atom. The minimum absolute atomic E-state index is 0.292. The van der Waals surface area contributed by atoms with Crippen molar-refractivity contribution in [1.82, 2.24) is 5.32 Å². The minimum Gasteiger partial charge on any atom is -0.378 e. The highest BCUT2D eigenvalue weighted by Gasteiger charge is 2.25. The first-order chi connectivity index (χ1) is 8.49. The maximum atomic E-state index is 9.03. The topological polar surface area (TPSA) is 54.3 Å². The molecule has 1 aliphatic heterocycles. The molecule has 18 heavy (non-hydrogen) atoms. The number of nitrogens with one attached hydrogen (secondary N) is 1. The third-order valence-corrected chi connectivity index (χ3v) is 3.63. The van der Waals surface area contributed by atoms with Crippen LogP contribution in [0.1, 0.15) is 46.5 Å². The molecule has 0 bridgehead atoms. The van der Waals surface area contributed by atoms with Gasteiger partial charge < -0.3 is 14.8 Å². The molecule has 4 heteroatoms. The molecule has 0 aromatic heterocycles. The summed E-state index contributed by atoms with van der Waals surface area (Å²) in [7, 11) is 1.83. The average Bonchev–Trinajstić information content (AvgIpc) is 2.33. The summed E-state index contributed by atoms with van der Waals surface area (Å²) in [5.41, 5.74) is -0.431. The van der Waals surface area contributed by atoms with Gasteiger partial charge in [-0.25, -0.2) is 0 Å². The molecule has 0 aromatic carbocycles. The van der Waals surface area contributed by atoms with Gasteiger partial charge in [0.1, 0.15) is 5.54 Å². The third-order valence-electron chi connectivity index (χ3n) is 3.63. The van der Waals surface area contributed by atoms with Gasteiger partial charge in [-0.05, 0) is 53.5 Å². The molecule has 1 rings (SSSR count). The summed E-state index contributed by atoms with van der Waals surface area (Å²) in [5, 5.41) is 12.1. The third kappa shape index (κ3) is 4.93. The fourth-order valence-electron chi connectivity index (χ4n) is 2.39. The summed E-state index contributed by atoms with van der Waals surface area (Å²) in [6.45, 7) is 6.84. The van der Waals surface area contributed by atoms with Gasteiger partial charge in [0.15, 0.2) is 0 Å². The fourth-order valence-corrected chi connectivity index (χ4v) is 2.39. The Labute approximate surface area is 111 Å². The van der Waals surface area contributed by atoms with Crippen LogP contribution in [0, 0.1) is 11.3 Å². The second-order valence-electron chi connectivity index (χ2n) is 5.52. The summed E-state index contributed by atoms with van der Waals surface area (Å²) in [6.07, 6.45) is 4.57. The van der Waals surface area contributed by atoms with Crippen molar-refractivity contribution in [3.8, 4) is 6.07 Å². The Kier molecular flexibility index (Phi) is 6.07. The standard InChI is InChI=1S/C14H26N2O2/c1-11-8-13(9-12(2)18-11)17-7-5-6-14(3,10-15)16-4/h11-13,16H,5-9H2,1-4H3. The molecular formula is C14H26N2O2. The monoisotopic (exact) mass is 254 g/mol. The maximum Gasteiger partial charge on any atom is 0.103 e. The summed E-state index contributed by atoms with van der Waals surface area (Å²) in [5.74, 6) is 0. The quantitative estimate of drug-likeness (QED) is 0.739. The van der Waals surface area contributed by atoms with E-state index in [9.17, 15) is 0 Å². The van der Waals surface area contributed by atoms with Crippen molar-refractivity contribution >= 4 is 0 Å². The Bertz CT molecular complexity index is 280. The Morgan fingerprint density at radius 2 is 2.00 bits per heavy atom. The summed E-state index contributed by atoms with van der Waals surface area (Å²) >= 11 is 0. The SMILES string of the molecule is CNC(C)(C#N)CCCOC1CC(C)OC(C)C1. The van der Waals surface area contributed by atoms with E-state index in [1.54, 1.807) is 0 Å². The molecule has 1 heterocycles. The maximum absolute atomic E-state index is 9.03. The molecule has 0 aromatic rings. The van der Waals surface area contributed by atoms with Crippen molar-refractivity contribution in [2.24, 2.45) is 0 Å². The van der Waals surface area contributed by atoms with Crippen molar-refractivity contribution in [2.45, 2.75) is 70.3 Å². The fraction of sp³-hybridized carbons (Fsp3) is 0.929. The molecule has 3 unspecified atom stereocenters. The van der Waals surface area contributed by atoms with E-state index >= 15 is 0 Å². The zero-order valence-corrected chi connectivity index (χ0v) is 12.0. The first kappa shape index (κ1) is 15.4. The molecule has 1 aliphatic rings. The van der Waals surface area contributed by atoms with Crippen LogP contribution in [0.25, 0.3) is 0 Å². The zero-order valence-electron chi connectivity index (χ0n) is 12.0. The highest BCUT2D eigenvalue weighted by Crippen LogP contribution is 2.22. The second-order valence-corrected chi connectivity index (χ2v) is 5.52. The molecule has 0 saturated carbocycles. The lowest BCUT2D eigenvalue weighted by Gasteiger charge is -2.32. The number of rotatable bonds is 6. The van der Waals surface area contributed by atoms with Gasteiger partial charge in [0, 0.05) is 6.61 Å². The Morgan fingerprint density at radius 1 is 1.39 bits per heavy atom. The molecule has 0 aliphatic carbocycles. The van der Waals surface area contributed by atoms with Crippen molar-refractivity contribution in [3.63, 3.8) is 0 Å². The number of hydrogen-bond donors (Lipinski definition) is 1. The number of ether oxygens (including phenoxy) is 2. The molecule has 1 N–H and O–H groups in total. The minimum atomic E-state index is -0.431. The summed E-state index contributed by atoms with van der Waals surface area (Å²) in [4.78, 5) is 0. The normalized spacial score (nSPS) is 31.6. The number of nitrogens with zero attached hydrogens (tertiary/aromatic N) is 1. The van der Waals surface area contributed by atoms with Gasteiger partial charge in [-0.15, -0.1) is 0 Å².